The number of hydrogen-bond donors (Lipinski definition) is 0. The van der Waals surface area contributed by atoms with Crippen LogP contribution in [-0.2, 0) is 16.1 Å². The summed E-state index contributed by atoms with van der Waals surface area (Å²) < 4.78 is 14.5. The van der Waals surface area contributed by atoms with Crippen molar-refractivity contribution in [3.8, 4) is 5.75 Å². The molecule has 1 aliphatic rings. The zero-order valence-electron chi connectivity index (χ0n) is 18.4. The van der Waals surface area contributed by atoms with Crippen molar-refractivity contribution in [3.63, 3.8) is 0 Å². The smallest absolute Gasteiger partial charge is 0.338 e. The Morgan fingerprint density at radius 3 is 2.62 bits per heavy atom. The molecule has 0 saturated carbocycles. The number of aromatic nitrogens is 3. The number of carbonyl (C=O) groups is 1. The van der Waals surface area contributed by atoms with Gasteiger partial charge in [0.25, 0.3) is 5.56 Å². The summed E-state index contributed by atoms with van der Waals surface area (Å²) in [6, 6.07) is 8.54. The summed E-state index contributed by atoms with van der Waals surface area (Å²) in [5, 5.41) is 4.27. The molecule has 4 rings (SSSR count). The molecule has 3 aromatic rings. The van der Waals surface area contributed by atoms with Gasteiger partial charge >= 0.3 is 5.97 Å². The van der Waals surface area contributed by atoms with Gasteiger partial charge < -0.3 is 9.47 Å². The lowest BCUT2D eigenvalue weighted by atomic mass is 9.96. The zero-order valence-corrected chi connectivity index (χ0v) is 19.2. The summed E-state index contributed by atoms with van der Waals surface area (Å²) in [7, 11) is 1.59. The molecule has 0 radical (unpaired) electrons. The molecule has 1 atom stereocenters. The predicted octanol–water partition coefficient (Wildman–Crippen LogP) is 2.02. The van der Waals surface area contributed by atoms with E-state index in [4.69, 9.17) is 9.47 Å². The number of benzene rings is 1. The van der Waals surface area contributed by atoms with Gasteiger partial charge in [-0.25, -0.2) is 9.79 Å². The van der Waals surface area contributed by atoms with E-state index in [9.17, 15) is 9.59 Å². The second-order valence-electron chi connectivity index (χ2n) is 7.15. The maximum atomic E-state index is 13.5. The Labute approximate surface area is 188 Å². The highest BCUT2D eigenvalue weighted by Crippen LogP contribution is 2.31. The van der Waals surface area contributed by atoms with Gasteiger partial charge in [0, 0.05) is 12.7 Å². The molecule has 0 bridgehead atoms. The highest BCUT2D eigenvalue weighted by atomic mass is 32.1. The average Bonchev–Trinajstić information content (AvgIpc) is 3.37. The van der Waals surface area contributed by atoms with Crippen LogP contribution in [0.15, 0.2) is 57.6 Å². The van der Waals surface area contributed by atoms with Gasteiger partial charge in [-0.1, -0.05) is 23.5 Å². The summed E-state index contributed by atoms with van der Waals surface area (Å²) in [6.07, 6.45) is 3.52. The van der Waals surface area contributed by atoms with Crippen LogP contribution in [0.25, 0.3) is 6.08 Å². The third-order valence-corrected chi connectivity index (χ3v) is 6.26. The maximum absolute atomic E-state index is 13.5. The number of methoxy groups -OCH3 is 1. The highest BCUT2D eigenvalue weighted by Gasteiger charge is 2.33. The monoisotopic (exact) mass is 452 g/mol. The molecule has 1 aromatic carbocycles. The van der Waals surface area contributed by atoms with Gasteiger partial charge in [-0.3, -0.25) is 14.0 Å². The van der Waals surface area contributed by atoms with Gasteiger partial charge in [-0.05, 0) is 50.6 Å². The Bertz CT molecular complexity index is 1360. The van der Waals surface area contributed by atoms with Gasteiger partial charge in [-0.2, -0.15) is 5.10 Å². The van der Waals surface area contributed by atoms with Gasteiger partial charge in [0.15, 0.2) is 4.80 Å². The van der Waals surface area contributed by atoms with Crippen LogP contribution in [0.4, 0.5) is 0 Å². The first kappa shape index (κ1) is 21.8. The summed E-state index contributed by atoms with van der Waals surface area (Å²) in [4.78, 5) is 31.5. The number of allylic oxidation sites excluding steroid dienone is 1. The Hall–Kier alpha value is -3.46. The molecule has 8 nitrogen and oxygen atoms in total. The number of nitrogens with zero attached hydrogens (tertiary/aromatic N) is 4. The topological polar surface area (TPSA) is 87.7 Å². The molecule has 1 aliphatic heterocycles. The van der Waals surface area contributed by atoms with Crippen molar-refractivity contribution in [1.82, 2.24) is 14.3 Å². The van der Waals surface area contributed by atoms with E-state index in [2.05, 4.69) is 10.1 Å². The van der Waals surface area contributed by atoms with Crippen LogP contribution in [-0.4, -0.2) is 34.0 Å². The predicted molar refractivity (Wildman–Crippen MR) is 121 cm³/mol. The summed E-state index contributed by atoms with van der Waals surface area (Å²) in [6.45, 7) is 6.44. The number of esters is 1. The molecule has 0 fully saturated rings. The van der Waals surface area contributed by atoms with Gasteiger partial charge in [-0.15, -0.1) is 0 Å². The Balaban J connectivity index is 1.95. The SMILES string of the molecule is CCOC(=O)C1=C(C)N=c2s/c(=C/c3ccnn3CC)c(=O)n2C1c1ccc(OC)cc1. The minimum Gasteiger partial charge on any atom is -0.497 e. The number of aryl methyl sites for hydroxylation is 1. The maximum Gasteiger partial charge on any atom is 0.338 e. The molecule has 0 spiro atoms. The lowest BCUT2D eigenvalue weighted by Crippen LogP contribution is -2.40. The van der Waals surface area contributed by atoms with Gasteiger partial charge in [0.1, 0.15) is 5.75 Å². The van der Waals surface area contributed by atoms with Crippen molar-refractivity contribution in [2.75, 3.05) is 13.7 Å². The Morgan fingerprint density at radius 1 is 1.22 bits per heavy atom. The minimum absolute atomic E-state index is 0.215. The second kappa shape index (κ2) is 8.96. The molecule has 0 aliphatic carbocycles. The van der Waals surface area contributed by atoms with E-state index in [0.717, 1.165) is 11.3 Å². The molecule has 166 valence electrons. The van der Waals surface area contributed by atoms with Crippen LogP contribution < -0.4 is 19.6 Å². The molecular formula is C23H24N4O4S. The van der Waals surface area contributed by atoms with Crippen LogP contribution >= 0.6 is 11.3 Å². The number of hydrogen-bond acceptors (Lipinski definition) is 7. The molecule has 32 heavy (non-hydrogen) atoms. The fourth-order valence-electron chi connectivity index (χ4n) is 3.76. The molecule has 1 unspecified atom stereocenters. The summed E-state index contributed by atoms with van der Waals surface area (Å²) >= 11 is 1.29. The third kappa shape index (κ3) is 3.80. The van der Waals surface area contributed by atoms with E-state index in [1.165, 1.54) is 11.3 Å². The Morgan fingerprint density at radius 2 is 1.97 bits per heavy atom. The average molecular weight is 453 g/mol. The normalized spacial score (nSPS) is 16.0. The molecule has 0 N–H and O–H groups in total. The molecule has 3 heterocycles. The number of thiazole rings is 1. The van der Waals surface area contributed by atoms with Gasteiger partial charge in [0.05, 0.1) is 41.3 Å². The fourth-order valence-corrected chi connectivity index (χ4v) is 4.79. The lowest BCUT2D eigenvalue weighted by Gasteiger charge is -2.24. The lowest BCUT2D eigenvalue weighted by molar-refractivity contribution is -0.139. The first-order chi connectivity index (χ1) is 15.5. The number of rotatable bonds is 6. The van der Waals surface area contributed by atoms with E-state index >= 15 is 0 Å². The van der Waals surface area contributed by atoms with E-state index in [1.54, 1.807) is 31.7 Å². The fraction of sp³-hybridized carbons (Fsp3) is 0.304. The van der Waals surface area contributed by atoms with Crippen LogP contribution in [0.2, 0.25) is 0 Å². The summed E-state index contributed by atoms with van der Waals surface area (Å²) in [5.41, 5.74) is 2.28. The van der Waals surface area contributed by atoms with Crippen LogP contribution in [0.3, 0.4) is 0 Å². The van der Waals surface area contributed by atoms with Crippen molar-refractivity contribution in [3.05, 3.63) is 78.7 Å². The molecule has 0 saturated heterocycles. The first-order valence-electron chi connectivity index (χ1n) is 10.3. The molecule has 9 heteroatoms. The van der Waals surface area contributed by atoms with E-state index < -0.39 is 12.0 Å². The van der Waals surface area contributed by atoms with Crippen LogP contribution in [0.5, 0.6) is 5.75 Å². The van der Waals surface area contributed by atoms with Crippen molar-refractivity contribution < 1.29 is 14.3 Å². The minimum atomic E-state index is -0.644. The Kier molecular flexibility index (Phi) is 6.09. The number of ether oxygens (including phenoxy) is 2. The van der Waals surface area contributed by atoms with Crippen LogP contribution in [0.1, 0.15) is 38.1 Å². The summed E-state index contributed by atoms with van der Waals surface area (Å²) in [5.74, 6) is 0.209. The van der Waals surface area contributed by atoms with E-state index in [0.29, 0.717) is 32.9 Å². The van der Waals surface area contributed by atoms with Crippen LogP contribution in [0, 0.1) is 0 Å². The second-order valence-corrected chi connectivity index (χ2v) is 8.16. The molecule has 2 aromatic heterocycles. The quantitative estimate of drug-likeness (QED) is 0.534. The van der Waals surface area contributed by atoms with Crippen molar-refractivity contribution >= 4 is 23.4 Å². The number of fused-ring (bicyclic) bond motifs is 1. The zero-order chi connectivity index (χ0) is 22.8. The number of carbonyl (C=O) groups excluding carboxylic acids is 1. The molecule has 0 amide bonds. The molecular weight excluding hydrogens is 428 g/mol. The first-order valence-corrected chi connectivity index (χ1v) is 11.2. The van der Waals surface area contributed by atoms with Crippen molar-refractivity contribution in [1.29, 1.82) is 0 Å². The van der Waals surface area contributed by atoms with Crippen molar-refractivity contribution in [2.24, 2.45) is 4.99 Å². The standard InChI is InChI=1S/C23H24N4O4S/c1-5-26-16(11-12-24-26)13-18-21(28)27-20(15-7-9-17(30-4)10-8-15)19(22(29)31-6-2)14(3)25-23(27)32-18/h7-13,20H,5-6H2,1-4H3/b18-13+. The van der Waals surface area contributed by atoms with E-state index in [1.807, 2.05) is 48.0 Å². The van der Waals surface area contributed by atoms with Gasteiger partial charge in [0.2, 0.25) is 0 Å². The third-order valence-electron chi connectivity index (χ3n) is 5.28. The van der Waals surface area contributed by atoms with E-state index in [-0.39, 0.29) is 12.2 Å². The highest BCUT2D eigenvalue weighted by molar-refractivity contribution is 7.07. The largest absolute Gasteiger partial charge is 0.497 e. The van der Waals surface area contributed by atoms with Crippen molar-refractivity contribution in [2.45, 2.75) is 33.4 Å².